The van der Waals surface area contributed by atoms with Crippen molar-refractivity contribution in [2.24, 2.45) is 0 Å². The Bertz CT molecular complexity index is 367. The maximum Gasteiger partial charge on any atom is 0.123 e. The maximum atomic E-state index is 13.2. The third-order valence-corrected chi connectivity index (χ3v) is 3.23. The highest BCUT2D eigenvalue weighted by molar-refractivity contribution is 5.35. The van der Waals surface area contributed by atoms with Gasteiger partial charge in [0, 0.05) is 18.7 Å². The van der Waals surface area contributed by atoms with Gasteiger partial charge in [0.25, 0.3) is 0 Å². The fourth-order valence-electron chi connectivity index (χ4n) is 2.37. The fraction of sp³-hybridized carbons (Fsp3) is 0.538. The van der Waals surface area contributed by atoms with Gasteiger partial charge in [0.15, 0.2) is 0 Å². The van der Waals surface area contributed by atoms with E-state index in [1.54, 1.807) is 6.07 Å². The van der Waals surface area contributed by atoms with Crippen molar-refractivity contribution >= 4 is 0 Å². The number of aliphatic hydroxyl groups excluding tert-OH is 1. The largest absolute Gasteiger partial charge is 0.396 e. The first-order valence-electron chi connectivity index (χ1n) is 5.86. The van der Waals surface area contributed by atoms with E-state index in [-0.39, 0.29) is 24.5 Å². The van der Waals surface area contributed by atoms with Crippen molar-refractivity contribution in [3.05, 3.63) is 35.1 Å². The van der Waals surface area contributed by atoms with Gasteiger partial charge in [-0.1, -0.05) is 6.07 Å². The zero-order valence-electron chi connectivity index (χ0n) is 9.54. The van der Waals surface area contributed by atoms with Gasteiger partial charge < -0.3 is 10.4 Å². The summed E-state index contributed by atoms with van der Waals surface area (Å²) in [6.45, 7) is 2.24. The molecule has 1 aromatic rings. The van der Waals surface area contributed by atoms with Crippen molar-refractivity contribution in [1.82, 2.24) is 5.32 Å². The minimum atomic E-state index is -0.165. The SMILES string of the molecule is CC(CCO)NC1CCc2ccc(F)cc21. The van der Waals surface area contributed by atoms with Gasteiger partial charge >= 0.3 is 0 Å². The molecule has 2 nitrogen and oxygen atoms in total. The minimum Gasteiger partial charge on any atom is -0.396 e. The van der Waals surface area contributed by atoms with E-state index in [1.165, 1.54) is 11.6 Å². The van der Waals surface area contributed by atoms with Crippen molar-refractivity contribution in [2.75, 3.05) is 6.61 Å². The van der Waals surface area contributed by atoms with Gasteiger partial charge in [-0.25, -0.2) is 4.39 Å². The Morgan fingerprint density at radius 1 is 1.56 bits per heavy atom. The third-order valence-electron chi connectivity index (χ3n) is 3.23. The summed E-state index contributed by atoms with van der Waals surface area (Å²) in [6, 6.07) is 5.55. The standard InChI is InChI=1S/C13H18FNO/c1-9(6-7-16)15-13-5-3-10-2-4-11(14)8-12(10)13/h2,4,8-9,13,15-16H,3,5-7H2,1H3. The molecule has 2 N–H and O–H groups in total. The first kappa shape index (κ1) is 11.6. The zero-order chi connectivity index (χ0) is 11.5. The summed E-state index contributed by atoms with van der Waals surface area (Å²) in [5, 5.41) is 12.3. The predicted molar refractivity (Wildman–Crippen MR) is 61.8 cm³/mol. The van der Waals surface area contributed by atoms with E-state index in [4.69, 9.17) is 5.11 Å². The lowest BCUT2D eigenvalue weighted by Crippen LogP contribution is -2.30. The molecule has 0 spiro atoms. The lowest BCUT2D eigenvalue weighted by atomic mass is 10.1. The van der Waals surface area contributed by atoms with Crippen LogP contribution in [0, 0.1) is 5.82 Å². The van der Waals surface area contributed by atoms with E-state index in [0.29, 0.717) is 0 Å². The number of benzene rings is 1. The molecule has 0 bridgehead atoms. The molecule has 0 aromatic heterocycles. The summed E-state index contributed by atoms with van der Waals surface area (Å²) in [5.41, 5.74) is 2.33. The summed E-state index contributed by atoms with van der Waals surface area (Å²) in [5.74, 6) is -0.165. The van der Waals surface area contributed by atoms with Crippen LogP contribution in [0.1, 0.15) is 36.9 Å². The molecule has 0 heterocycles. The Kier molecular flexibility index (Phi) is 3.56. The molecule has 0 saturated carbocycles. The number of hydrogen-bond donors (Lipinski definition) is 2. The van der Waals surface area contributed by atoms with Gasteiger partial charge in [0.05, 0.1) is 0 Å². The van der Waals surface area contributed by atoms with Gasteiger partial charge in [-0.15, -0.1) is 0 Å². The van der Waals surface area contributed by atoms with Crippen LogP contribution < -0.4 is 5.32 Å². The number of nitrogens with one attached hydrogen (secondary N) is 1. The number of hydrogen-bond acceptors (Lipinski definition) is 2. The molecular formula is C13H18FNO. The van der Waals surface area contributed by atoms with Crippen LogP contribution in [-0.2, 0) is 6.42 Å². The highest BCUT2D eigenvalue weighted by Crippen LogP contribution is 2.31. The number of aryl methyl sites for hydroxylation is 1. The quantitative estimate of drug-likeness (QED) is 0.820. The van der Waals surface area contributed by atoms with Gasteiger partial charge in [-0.2, -0.15) is 0 Å². The molecule has 0 saturated heterocycles. The lowest BCUT2D eigenvalue weighted by molar-refractivity contribution is 0.263. The molecular weight excluding hydrogens is 205 g/mol. The van der Waals surface area contributed by atoms with Crippen LogP contribution in [0.3, 0.4) is 0 Å². The van der Waals surface area contributed by atoms with Crippen molar-refractivity contribution in [3.63, 3.8) is 0 Å². The maximum absolute atomic E-state index is 13.2. The first-order chi connectivity index (χ1) is 7.70. The molecule has 0 radical (unpaired) electrons. The Balaban J connectivity index is 2.08. The summed E-state index contributed by atoms with van der Waals surface area (Å²) in [7, 11) is 0. The molecule has 88 valence electrons. The van der Waals surface area contributed by atoms with E-state index in [9.17, 15) is 4.39 Å². The summed E-state index contributed by atoms with van der Waals surface area (Å²) in [6.07, 6.45) is 2.77. The van der Waals surface area contributed by atoms with Crippen LogP contribution in [0.25, 0.3) is 0 Å². The van der Waals surface area contributed by atoms with Crippen molar-refractivity contribution in [1.29, 1.82) is 0 Å². The minimum absolute atomic E-state index is 0.165. The molecule has 0 aliphatic heterocycles. The molecule has 1 aromatic carbocycles. The van der Waals surface area contributed by atoms with Gasteiger partial charge in [0.2, 0.25) is 0 Å². The van der Waals surface area contributed by atoms with Crippen LogP contribution in [0.4, 0.5) is 4.39 Å². The highest BCUT2D eigenvalue weighted by Gasteiger charge is 2.23. The number of fused-ring (bicyclic) bond motifs is 1. The van der Waals surface area contributed by atoms with E-state index >= 15 is 0 Å². The summed E-state index contributed by atoms with van der Waals surface area (Å²) in [4.78, 5) is 0. The number of halogens is 1. The van der Waals surface area contributed by atoms with Crippen LogP contribution in [0.5, 0.6) is 0 Å². The fourth-order valence-corrected chi connectivity index (χ4v) is 2.37. The Morgan fingerprint density at radius 2 is 2.38 bits per heavy atom. The highest BCUT2D eigenvalue weighted by atomic mass is 19.1. The predicted octanol–water partition coefficient (Wildman–Crippen LogP) is 2.17. The molecule has 2 unspecified atom stereocenters. The average Bonchev–Trinajstić information content (AvgIpc) is 2.61. The Hall–Kier alpha value is -0.930. The van der Waals surface area contributed by atoms with E-state index in [2.05, 4.69) is 5.32 Å². The van der Waals surface area contributed by atoms with E-state index in [0.717, 1.165) is 24.8 Å². The van der Waals surface area contributed by atoms with Crippen LogP contribution in [0.2, 0.25) is 0 Å². The van der Waals surface area contributed by atoms with Gasteiger partial charge in [-0.3, -0.25) is 0 Å². The monoisotopic (exact) mass is 223 g/mol. The Labute approximate surface area is 95.5 Å². The van der Waals surface area contributed by atoms with Crippen molar-refractivity contribution in [2.45, 2.75) is 38.3 Å². The molecule has 16 heavy (non-hydrogen) atoms. The summed E-state index contributed by atoms with van der Waals surface area (Å²) >= 11 is 0. The van der Waals surface area contributed by atoms with Crippen LogP contribution >= 0.6 is 0 Å². The molecule has 1 aliphatic rings. The molecule has 3 heteroatoms. The topological polar surface area (TPSA) is 32.3 Å². The van der Waals surface area contributed by atoms with Gasteiger partial charge in [-0.05, 0) is 49.4 Å². The third kappa shape index (κ3) is 2.42. The van der Waals surface area contributed by atoms with E-state index in [1.807, 2.05) is 13.0 Å². The number of rotatable bonds is 4. The normalized spacial score (nSPS) is 20.8. The number of aliphatic hydroxyl groups is 1. The van der Waals surface area contributed by atoms with Crippen LogP contribution in [-0.4, -0.2) is 17.8 Å². The molecule has 0 amide bonds. The summed E-state index contributed by atoms with van der Waals surface area (Å²) < 4.78 is 13.2. The second kappa shape index (κ2) is 4.93. The Morgan fingerprint density at radius 3 is 3.12 bits per heavy atom. The lowest BCUT2D eigenvalue weighted by Gasteiger charge is -2.19. The average molecular weight is 223 g/mol. The zero-order valence-corrected chi connectivity index (χ0v) is 9.54. The molecule has 2 rings (SSSR count). The smallest absolute Gasteiger partial charge is 0.123 e. The van der Waals surface area contributed by atoms with Crippen LogP contribution in [0.15, 0.2) is 18.2 Å². The second-order valence-electron chi connectivity index (χ2n) is 4.51. The molecule has 1 aliphatic carbocycles. The molecule has 2 atom stereocenters. The van der Waals surface area contributed by atoms with Gasteiger partial charge in [0.1, 0.15) is 5.82 Å². The first-order valence-corrected chi connectivity index (χ1v) is 5.86. The van der Waals surface area contributed by atoms with Crippen molar-refractivity contribution < 1.29 is 9.50 Å². The van der Waals surface area contributed by atoms with Crippen molar-refractivity contribution in [3.8, 4) is 0 Å². The van der Waals surface area contributed by atoms with E-state index < -0.39 is 0 Å². The molecule has 0 fully saturated rings. The second-order valence-corrected chi connectivity index (χ2v) is 4.51.